The predicted molar refractivity (Wildman–Crippen MR) is 93.2 cm³/mol. The van der Waals surface area contributed by atoms with Crippen molar-refractivity contribution in [1.29, 1.82) is 0 Å². The Balaban J connectivity index is 2.15. The van der Waals surface area contributed by atoms with Crippen molar-refractivity contribution in [3.05, 3.63) is 23.2 Å². The van der Waals surface area contributed by atoms with Gasteiger partial charge >= 0.3 is 0 Å². The molecule has 1 aliphatic carbocycles. The number of hydrogen-bond acceptors (Lipinski definition) is 3. The van der Waals surface area contributed by atoms with Crippen molar-refractivity contribution in [2.75, 3.05) is 19.0 Å². The summed E-state index contributed by atoms with van der Waals surface area (Å²) < 4.78 is 11.2. The maximum absolute atomic E-state index is 12.9. The van der Waals surface area contributed by atoms with Crippen LogP contribution in [0.4, 0.5) is 5.69 Å². The Kier molecular flexibility index (Phi) is 6.31. The molecular weight excluding hydrogens is 314 g/mol. The number of methoxy groups -OCH3 is 1. The first-order chi connectivity index (χ1) is 11.0. The topological polar surface area (TPSA) is 47.6 Å². The highest BCUT2D eigenvalue weighted by Crippen LogP contribution is 2.37. The van der Waals surface area contributed by atoms with Gasteiger partial charge in [-0.2, -0.15) is 0 Å². The van der Waals surface area contributed by atoms with Gasteiger partial charge in [0.25, 0.3) is 5.91 Å². The van der Waals surface area contributed by atoms with Gasteiger partial charge in [-0.3, -0.25) is 4.79 Å². The number of amides is 1. The molecule has 1 aromatic carbocycles. The molecule has 1 fully saturated rings. The Morgan fingerprint density at radius 3 is 2.87 bits per heavy atom. The van der Waals surface area contributed by atoms with E-state index in [0.29, 0.717) is 29.0 Å². The largest absolute Gasteiger partial charge is 0.495 e. The summed E-state index contributed by atoms with van der Waals surface area (Å²) >= 11 is 6.13. The van der Waals surface area contributed by atoms with Gasteiger partial charge < -0.3 is 14.8 Å². The van der Waals surface area contributed by atoms with Gasteiger partial charge in [0.15, 0.2) is 0 Å². The lowest BCUT2D eigenvalue weighted by Gasteiger charge is -2.38. The average molecular weight is 340 g/mol. The van der Waals surface area contributed by atoms with E-state index in [9.17, 15) is 4.79 Å². The second kappa shape index (κ2) is 8.02. The predicted octanol–water partition coefficient (Wildman–Crippen LogP) is 4.66. The number of carbonyl (C=O) groups excluding carboxylic acids is 1. The maximum atomic E-state index is 12.9. The molecule has 0 unspecified atom stereocenters. The molecule has 128 valence electrons. The summed E-state index contributed by atoms with van der Waals surface area (Å²) in [6.45, 7) is 4.84. The molecule has 4 nitrogen and oxygen atoms in total. The maximum Gasteiger partial charge on any atom is 0.256 e. The highest BCUT2D eigenvalue weighted by Gasteiger charge is 2.42. The van der Waals surface area contributed by atoms with Gasteiger partial charge in [0.1, 0.15) is 11.4 Å². The van der Waals surface area contributed by atoms with Gasteiger partial charge in [0.05, 0.1) is 12.1 Å². The fourth-order valence-electron chi connectivity index (χ4n) is 3.19. The highest BCUT2D eigenvalue weighted by atomic mass is 35.5. The fourth-order valence-corrected chi connectivity index (χ4v) is 3.45. The SMILES string of the molecule is CCCO[C@]1(C(=O)Nc2ccc(OC)c(Cl)c2)CCC[C@@H](C)C1. The third kappa shape index (κ3) is 4.39. The van der Waals surface area contributed by atoms with Crippen LogP contribution in [0.1, 0.15) is 46.0 Å². The first kappa shape index (κ1) is 18.1. The smallest absolute Gasteiger partial charge is 0.256 e. The molecule has 0 spiro atoms. The van der Waals surface area contributed by atoms with Crippen LogP contribution < -0.4 is 10.1 Å². The first-order valence-corrected chi connectivity index (χ1v) is 8.67. The molecule has 1 amide bonds. The normalized spacial score (nSPS) is 24.3. The van der Waals surface area contributed by atoms with E-state index in [1.165, 1.54) is 0 Å². The first-order valence-electron chi connectivity index (χ1n) is 8.29. The van der Waals surface area contributed by atoms with Crippen LogP contribution in [-0.2, 0) is 9.53 Å². The third-order valence-electron chi connectivity index (χ3n) is 4.36. The van der Waals surface area contributed by atoms with Crippen molar-refractivity contribution in [1.82, 2.24) is 0 Å². The summed E-state index contributed by atoms with van der Waals surface area (Å²) in [4.78, 5) is 12.9. The molecule has 1 N–H and O–H groups in total. The molecule has 0 saturated heterocycles. The minimum absolute atomic E-state index is 0.0706. The van der Waals surface area contributed by atoms with Crippen LogP contribution in [-0.4, -0.2) is 25.2 Å². The van der Waals surface area contributed by atoms with Crippen molar-refractivity contribution < 1.29 is 14.3 Å². The zero-order valence-electron chi connectivity index (χ0n) is 14.2. The highest BCUT2D eigenvalue weighted by molar-refractivity contribution is 6.32. The summed E-state index contributed by atoms with van der Waals surface area (Å²) in [5.74, 6) is 1.01. The lowest BCUT2D eigenvalue weighted by atomic mass is 9.78. The zero-order chi connectivity index (χ0) is 16.9. The summed E-state index contributed by atoms with van der Waals surface area (Å²) in [5.41, 5.74) is -0.0569. The molecular formula is C18H26ClNO3. The Labute approximate surface area is 143 Å². The van der Waals surface area contributed by atoms with Gasteiger partial charge in [-0.05, 0) is 49.8 Å². The Bertz CT molecular complexity index is 549. The standard InChI is InChI=1S/C18H26ClNO3/c1-4-10-23-18(9-5-6-13(2)12-18)17(21)20-14-7-8-16(22-3)15(19)11-14/h7-8,11,13H,4-6,9-10,12H2,1-3H3,(H,20,21)/t13-,18-/m1/s1. The van der Waals surface area contributed by atoms with Crippen molar-refractivity contribution in [2.45, 2.75) is 51.6 Å². The number of anilines is 1. The van der Waals surface area contributed by atoms with Gasteiger partial charge in [0, 0.05) is 12.3 Å². The quantitative estimate of drug-likeness (QED) is 0.819. The number of carbonyl (C=O) groups is 1. The van der Waals surface area contributed by atoms with Crippen LogP contribution in [0.15, 0.2) is 18.2 Å². The molecule has 5 heteroatoms. The molecule has 0 aromatic heterocycles. The van der Waals surface area contributed by atoms with E-state index in [4.69, 9.17) is 21.1 Å². The summed E-state index contributed by atoms with van der Waals surface area (Å²) in [6.07, 6.45) is 4.61. The molecule has 0 bridgehead atoms. The van der Waals surface area contributed by atoms with Crippen molar-refractivity contribution >= 4 is 23.2 Å². The number of benzene rings is 1. The lowest BCUT2D eigenvalue weighted by molar-refractivity contribution is -0.148. The minimum Gasteiger partial charge on any atom is -0.495 e. The van der Waals surface area contributed by atoms with Gasteiger partial charge in [-0.15, -0.1) is 0 Å². The van der Waals surface area contributed by atoms with Crippen molar-refractivity contribution in [3.63, 3.8) is 0 Å². The van der Waals surface area contributed by atoms with Crippen LogP contribution in [0, 0.1) is 5.92 Å². The lowest BCUT2D eigenvalue weighted by Crippen LogP contribution is -2.48. The van der Waals surface area contributed by atoms with Crippen LogP contribution in [0.2, 0.25) is 5.02 Å². The Morgan fingerprint density at radius 1 is 1.48 bits per heavy atom. The van der Waals surface area contributed by atoms with Gasteiger partial charge in [0.2, 0.25) is 0 Å². The number of halogens is 1. The molecule has 1 aliphatic rings. The molecule has 2 rings (SSSR count). The fraction of sp³-hybridized carbons (Fsp3) is 0.611. The van der Waals surface area contributed by atoms with E-state index >= 15 is 0 Å². The van der Waals surface area contributed by atoms with E-state index in [-0.39, 0.29) is 5.91 Å². The van der Waals surface area contributed by atoms with Crippen LogP contribution in [0.3, 0.4) is 0 Å². The molecule has 1 saturated carbocycles. The van der Waals surface area contributed by atoms with E-state index < -0.39 is 5.60 Å². The van der Waals surface area contributed by atoms with Crippen LogP contribution >= 0.6 is 11.6 Å². The average Bonchev–Trinajstić information content (AvgIpc) is 2.53. The second-order valence-electron chi connectivity index (χ2n) is 6.35. The van der Waals surface area contributed by atoms with Crippen molar-refractivity contribution in [3.8, 4) is 5.75 Å². The van der Waals surface area contributed by atoms with E-state index in [0.717, 1.165) is 32.1 Å². The number of nitrogens with one attached hydrogen (secondary N) is 1. The molecule has 23 heavy (non-hydrogen) atoms. The molecule has 1 aromatic rings. The van der Waals surface area contributed by atoms with Gasteiger partial charge in [-0.25, -0.2) is 0 Å². The summed E-state index contributed by atoms with van der Waals surface area (Å²) in [7, 11) is 1.57. The summed E-state index contributed by atoms with van der Waals surface area (Å²) in [6, 6.07) is 5.25. The van der Waals surface area contributed by atoms with E-state index in [2.05, 4.69) is 19.2 Å². The second-order valence-corrected chi connectivity index (χ2v) is 6.75. The summed E-state index contributed by atoms with van der Waals surface area (Å²) in [5, 5.41) is 3.45. The number of hydrogen-bond donors (Lipinski definition) is 1. The Morgan fingerprint density at radius 2 is 2.26 bits per heavy atom. The number of rotatable bonds is 6. The molecule has 0 heterocycles. The minimum atomic E-state index is -0.722. The van der Waals surface area contributed by atoms with Crippen LogP contribution in [0.5, 0.6) is 5.75 Å². The zero-order valence-corrected chi connectivity index (χ0v) is 14.9. The van der Waals surface area contributed by atoms with Crippen molar-refractivity contribution in [2.24, 2.45) is 5.92 Å². The Hall–Kier alpha value is -1.26. The molecule has 0 radical (unpaired) electrons. The van der Waals surface area contributed by atoms with E-state index in [1.807, 2.05) is 0 Å². The van der Waals surface area contributed by atoms with Crippen LogP contribution in [0.25, 0.3) is 0 Å². The van der Waals surface area contributed by atoms with E-state index in [1.54, 1.807) is 25.3 Å². The van der Waals surface area contributed by atoms with Gasteiger partial charge in [-0.1, -0.05) is 31.9 Å². The number of ether oxygens (including phenoxy) is 2. The molecule has 0 aliphatic heterocycles. The third-order valence-corrected chi connectivity index (χ3v) is 4.66. The molecule has 2 atom stereocenters. The monoisotopic (exact) mass is 339 g/mol.